The van der Waals surface area contributed by atoms with Crippen molar-refractivity contribution in [3.63, 3.8) is 0 Å². The van der Waals surface area contributed by atoms with Crippen molar-refractivity contribution in [3.8, 4) is 0 Å². The molecule has 18 heavy (non-hydrogen) atoms. The van der Waals surface area contributed by atoms with E-state index in [4.69, 9.17) is 5.73 Å². The topological polar surface area (TPSA) is 68.0 Å². The molecule has 3 N–H and O–H groups in total. The zero-order valence-corrected chi connectivity index (χ0v) is 13.2. The smallest absolute Gasteiger partial charge is 0.224 e. The highest BCUT2D eigenvalue weighted by molar-refractivity contribution is 7.09. The van der Waals surface area contributed by atoms with Gasteiger partial charge in [-0.3, -0.25) is 4.79 Å². The maximum absolute atomic E-state index is 11.8. The van der Waals surface area contributed by atoms with Crippen LogP contribution >= 0.6 is 36.2 Å². The Bertz CT molecular complexity index is 333. The van der Waals surface area contributed by atoms with Crippen LogP contribution in [0, 0.1) is 5.92 Å². The first-order valence-electron chi connectivity index (χ1n) is 5.51. The molecule has 106 valence electrons. The number of nitrogens with two attached hydrogens (primary N) is 1. The minimum Gasteiger partial charge on any atom is -0.347 e. The predicted octanol–water partition coefficient (Wildman–Crippen LogP) is 2.54. The van der Waals surface area contributed by atoms with E-state index in [1.54, 1.807) is 17.5 Å². The van der Waals surface area contributed by atoms with E-state index in [1.165, 1.54) is 0 Å². The Morgan fingerprint density at radius 1 is 1.50 bits per heavy atom. The van der Waals surface area contributed by atoms with Crippen LogP contribution in [-0.2, 0) is 4.79 Å². The minimum atomic E-state index is -0.172. The van der Waals surface area contributed by atoms with Gasteiger partial charge in [-0.05, 0) is 13.3 Å². The summed E-state index contributed by atoms with van der Waals surface area (Å²) in [5.41, 5.74) is 5.70. The van der Waals surface area contributed by atoms with Crippen LogP contribution < -0.4 is 11.1 Å². The van der Waals surface area contributed by atoms with Crippen LogP contribution in [0.2, 0.25) is 0 Å². The molecule has 0 saturated heterocycles. The number of carbonyl (C=O) groups is 1. The molecule has 0 aromatic carbocycles. The van der Waals surface area contributed by atoms with Gasteiger partial charge in [0.2, 0.25) is 5.91 Å². The number of amides is 1. The summed E-state index contributed by atoms with van der Waals surface area (Å²) in [6.45, 7) is 5.71. The molecule has 7 heteroatoms. The van der Waals surface area contributed by atoms with Crippen molar-refractivity contribution in [2.24, 2.45) is 11.7 Å². The summed E-state index contributed by atoms with van der Waals surface area (Å²) in [7, 11) is 0. The number of aromatic nitrogens is 1. The normalized spacial score (nSPS) is 14.7. The third-order valence-electron chi connectivity index (χ3n) is 2.68. The molecule has 0 saturated carbocycles. The summed E-state index contributed by atoms with van der Waals surface area (Å²) in [5, 5.41) is 5.85. The molecule has 0 radical (unpaired) electrons. The number of carbonyl (C=O) groups excluding carboxylic acids is 1. The number of hydrogen-bond donors (Lipinski definition) is 2. The summed E-state index contributed by atoms with van der Waals surface area (Å²) in [5.74, 6) is -0.175. The molecule has 0 spiro atoms. The summed E-state index contributed by atoms with van der Waals surface area (Å²) in [4.78, 5) is 16.1. The molecule has 0 fully saturated rings. The molecule has 1 aromatic heterocycles. The Morgan fingerprint density at radius 2 is 2.11 bits per heavy atom. The monoisotopic (exact) mass is 313 g/mol. The van der Waals surface area contributed by atoms with Crippen LogP contribution in [0.1, 0.15) is 38.2 Å². The number of hydrogen-bond acceptors (Lipinski definition) is 4. The molecule has 3 atom stereocenters. The van der Waals surface area contributed by atoms with Crippen molar-refractivity contribution in [2.75, 3.05) is 0 Å². The Hall–Kier alpha value is -0.360. The first kappa shape index (κ1) is 20.0. The van der Waals surface area contributed by atoms with Gasteiger partial charge < -0.3 is 11.1 Å². The van der Waals surface area contributed by atoms with Crippen molar-refractivity contribution in [2.45, 2.75) is 39.3 Å². The lowest BCUT2D eigenvalue weighted by Gasteiger charge is -2.20. The van der Waals surface area contributed by atoms with E-state index in [2.05, 4.69) is 10.3 Å². The first-order valence-corrected chi connectivity index (χ1v) is 6.39. The number of halogens is 2. The fourth-order valence-electron chi connectivity index (χ4n) is 1.29. The van der Waals surface area contributed by atoms with Crippen LogP contribution in [-0.4, -0.2) is 16.9 Å². The highest BCUT2D eigenvalue weighted by Crippen LogP contribution is 2.19. The van der Waals surface area contributed by atoms with Crippen molar-refractivity contribution in [1.82, 2.24) is 10.3 Å². The van der Waals surface area contributed by atoms with Crippen molar-refractivity contribution >= 4 is 42.1 Å². The van der Waals surface area contributed by atoms with E-state index < -0.39 is 0 Å². The van der Waals surface area contributed by atoms with E-state index in [0.717, 1.165) is 11.4 Å². The molecule has 1 heterocycles. The summed E-state index contributed by atoms with van der Waals surface area (Å²) < 4.78 is 0. The van der Waals surface area contributed by atoms with Crippen LogP contribution in [0.5, 0.6) is 0 Å². The van der Waals surface area contributed by atoms with Crippen molar-refractivity contribution < 1.29 is 4.79 Å². The second-order valence-electron chi connectivity index (χ2n) is 3.99. The summed E-state index contributed by atoms with van der Waals surface area (Å²) in [6, 6.07) is -0.123. The van der Waals surface area contributed by atoms with Gasteiger partial charge >= 0.3 is 0 Å². The van der Waals surface area contributed by atoms with Gasteiger partial charge in [0.1, 0.15) is 5.01 Å². The quantitative estimate of drug-likeness (QED) is 0.877. The van der Waals surface area contributed by atoms with Gasteiger partial charge in [-0.15, -0.1) is 36.2 Å². The molecule has 3 unspecified atom stereocenters. The molecular weight excluding hydrogens is 293 g/mol. The van der Waals surface area contributed by atoms with Gasteiger partial charge in [0.25, 0.3) is 0 Å². The van der Waals surface area contributed by atoms with Crippen LogP contribution in [0.25, 0.3) is 0 Å². The lowest BCUT2D eigenvalue weighted by atomic mass is 10.0. The Morgan fingerprint density at radius 3 is 2.50 bits per heavy atom. The third-order valence-corrected chi connectivity index (χ3v) is 3.57. The predicted molar refractivity (Wildman–Crippen MR) is 80.6 cm³/mol. The maximum atomic E-state index is 11.8. The van der Waals surface area contributed by atoms with E-state index in [1.807, 2.05) is 26.2 Å². The standard InChI is InChI=1S/C11H19N3OS.2ClH/c1-4-9(11-13-5-6-16-11)14-10(15)7(2)8(3)12;;/h5-9H,4,12H2,1-3H3,(H,14,15);2*1H. The highest BCUT2D eigenvalue weighted by atomic mass is 35.5. The third kappa shape index (κ3) is 5.52. The average Bonchev–Trinajstić information content (AvgIpc) is 2.77. The molecule has 1 rings (SSSR count). The Kier molecular flexibility index (Phi) is 10.6. The molecule has 4 nitrogen and oxygen atoms in total. The largest absolute Gasteiger partial charge is 0.347 e. The molecule has 1 aromatic rings. The first-order chi connectivity index (χ1) is 7.56. The van der Waals surface area contributed by atoms with Gasteiger partial charge in [-0.1, -0.05) is 13.8 Å². The molecule has 0 aliphatic heterocycles. The highest BCUT2D eigenvalue weighted by Gasteiger charge is 2.21. The van der Waals surface area contributed by atoms with E-state index in [0.29, 0.717) is 0 Å². The Balaban J connectivity index is 0. The lowest BCUT2D eigenvalue weighted by molar-refractivity contribution is -0.125. The van der Waals surface area contributed by atoms with E-state index >= 15 is 0 Å². The summed E-state index contributed by atoms with van der Waals surface area (Å²) >= 11 is 1.56. The lowest BCUT2D eigenvalue weighted by Crippen LogP contribution is -2.40. The molecular formula is C11H21Cl2N3OS. The second-order valence-corrected chi connectivity index (χ2v) is 4.91. The summed E-state index contributed by atoms with van der Waals surface area (Å²) in [6.07, 6.45) is 2.59. The van der Waals surface area contributed by atoms with Gasteiger partial charge in [-0.2, -0.15) is 0 Å². The van der Waals surface area contributed by atoms with Gasteiger partial charge in [0.05, 0.1) is 6.04 Å². The van der Waals surface area contributed by atoms with E-state index in [-0.39, 0.29) is 48.7 Å². The fraction of sp³-hybridized carbons (Fsp3) is 0.636. The van der Waals surface area contributed by atoms with Crippen LogP contribution in [0.15, 0.2) is 11.6 Å². The molecule has 0 aliphatic carbocycles. The zero-order chi connectivity index (χ0) is 12.1. The Labute approximate surface area is 125 Å². The van der Waals surface area contributed by atoms with Crippen LogP contribution in [0.3, 0.4) is 0 Å². The number of thiazole rings is 1. The van der Waals surface area contributed by atoms with Gasteiger partial charge in [-0.25, -0.2) is 4.98 Å². The van der Waals surface area contributed by atoms with Crippen molar-refractivity contribution in [3.05, 3.63) is 16.6 Å². The number of rotatable bonds is 5. The van der Waals surface area contributed by atoms with Gasteiger partial charge in [0, 0.05) is 23.5 Å². The van der Waals surface area contributed by atoms with Crippen molar-refractivity contribution in [1.29, 1.82) is 0 Å². The molecule has 0 bridgehead atoms. The van der Waals surface area contributed by atoms with Gasteiger partial charge in [0.15, 0.2) is 0 Å². The second kappa shape index (κ2) is 9.55. The number of nitrogens with zero attached hydrogens (tertiary/aromatic N) is 1. The zero-order valence-electron chi connectivity index (χ0n) is 10.8. The number of nitrogens with one attached hydrogen (secondary N) is 1. The minimum absolute atomic E-state index is 0. The van der Waals surface area contributed by atoms with E-state index in [9.17, 15) is 4.79 Å². The molecule has 1 amide bonds. The maximum Gasteiger partial charge on any atom is 0.224 e. The van der Waals surface area contributed by atoms with Crippen LogP contribution in [0.4, 0.5) is 0 Å². The molecule has 0 aliphatic rings. The SMILES string of the molecule is CCC(NC(=O)C(C)C(C)N)c1nccs1.Cl.Cl. The average molecular weight is 314 g/mol. The fourth-order valence-corrected chi connectivity index (χ4v) is 2.06.